The molecule has 0 unspecified atom stereocenters. The highest BCUT2D eigenvalue weighted by Gasteiger charge is 2.05. The monoisotopic (exact) mass is 311 g/mol. The zero-order chi connectivity index (χ0) is 16.5. The van der Waals surface area contributed by atoms with Gasteiger partial charge in [-0.2, -0.15) is 0 Å². The molecule has 0 saturated heterocycles. The molecule has 0 radical (unpaired) electrons. The van der Waals surface area contributed by atoms with Crippen LogP contribution in [0.2, 0.25) is 0 Å². The van der Waals surface area contributed by atoms with E-state index in [9.17, 15) is 4.79 Å². The van der Waals surface area contributed by atoms with E-state index in [1.807, 2.05) is 61.5 Å². The number of rotatable bonds is 7. The maximum Gasteiger partial charge on any atom is 0.250 e. The van der Waals surface area contributed by atoms with Gasteiger partial charge in [0.1, 0.15) is 6.61 Å². The standard InChI is InChI=1S/C19H21NO3/c1-15-9-10-17(13-21)12-18(15)20-19(22)14-23-11-5-8-16-6-3-2-4-7-16/h2-10,12,21H,11,13-14H2,1H3,(H,20,22)/b8-5+. The van der Waals surface area contributed by atoms with Crippen LogP contribution in [0.1, 0.15) is 16.7 Å². The Morgan fingerprint density at radius 2 is 2.00 bits per heavy atom. The van der Waals surface area contributed by atoms with Gasteiger partial charge in [0.25, 0.3) is 0 Å². The number of hydrogen-bond donors (Lipinski definition) is 2. The first kappa shape index (κ1) is 16.9. The number of carbonyl (C=O) groups is 1. The zero-order valence-electron chi connectivity index (χ0n) is 13.2. The Kier molecular flexibility index (Phi) is 6.54. The van der Waals surface area contributed by atoms with Gasteiger partial charge >= 0.3 is 0 Å². The van der Waals surface area contributed by atoms with E-state index in [0.29, 0.717) is 12.3 Å². The Balaban J connectivity index is 1.76. The molecule has 23 heavy (non-hydrogen) atoms. The molecular formula is C19H21NO3. The summed E-state index contributed by atoms with van der Waals surface area (Å²) in [6, 6.07) is 15.4. The molecule has 0 atom stereocenters. The highest BCUT2D eigenvalue weighted by Crippen LogP contribution is 2.16. The van der Waals surface area contributed by atoms with Crippen molar-refractivity contribution >= 4 is 17.7 Å². The summed E-state index contributed by atoms with van der Waals surface area (Å²) in [6.45, 7) is 2.21. The number of nitrogens with one attached hydrogen (secondary N) is 1. The smallest absolute Gasteiger partial charge is 0.250 e. The van der Waals surface area contributed by atoms with Gasteiger partial charge in [0.15, 0.2) is 0 Å². The lowest BCUT2D eigenvalue weighted by Gasteiger charge is -2.09. The predicted octanol–water partition coefficient (Wildman–Crippen LogP) is 3.16. The van der Waals surface area contributed by atoms with E-state index in [-0.39, 0.29) is 19.1 Å². The SMILES string of the molecule is Cc1ccc(CO)cc1NC(=O)COC/C=C/c1ccccc1. The normalized spacial score (nSPS) is 10.9. The van der Waals surface area contributed by atoms with Crippen LogP contribution in [0.25, 0.3) is 6.08 Å². The predicted molar refractivity (Wildman–Crippen MR) is 92.0 cm³/mol. The number of carbonyl (C=O) groups excluding carboxylic acids is 1. The first-order chi connectivity index (χ1) is 11.2. The van der Waals surface area contributed by atoms with Crippen molar-refractivity contribution in [3.8, 4) is 0 Å². The maximum atomic E-state index is 11.9. The largest absolute Gasteiger partial charge is 0.392 e. The van der Waals surface area contributed by atoms with Gasteiger partial charge in [-0.05, 0) is 29.7 Å². The molecule has 0 saturated carbocycles. The minimum absolute atomic E-state index is 0.0120. The number of ether oxygens (including phenoxy) is 1. The topological polar surface area (TPSA) is 58.6 Å². The molecule has 0 bridgehead atoms. The second kappa shape index (κ2) is 8.88. The van der Waals surface area contributed by atoms with E-state index >= 15 is 0 Å². The molecule has 4 heteroatoms. The van der Waals surface area contributed by atoms with Gasteiger partial charge < -0.3 is 15.2 Å². The highest BCUT2D eigenvalue weighted by atomic mass is 16.5. The van der Waals surface area contributed by atoms with Crippen molar-refractivity contribution in [2.45, 2.75) is 13.5 Å². The minimum Gasteiger partial charge on any atom is -0.392 e. The summed E-state index contributed by atoms with van der Waals surface area (Å²) >= 11 is 0. The minimum atomic E-state index is -0.212. The first-order valence-electron chi connectivity index (χ1n) is 7.48. The van der Waals surface area contributed by atoms with Gasteiger partial charge in [0.05, 0.1) is 13.2 Å². The molecule has 0 aliphatic heterocycles. The highest BCUT2D eigenvalue weighted by molar-refractivity contribution is 5.92. The van der Waals surface area contributed by atoms with Crippen molar-refractivity contribution in [3.63, 3.8) is 0 Å². The van der Waals surface area contributed by atoms with Crippen molar-refractivity contribution in [3.05, 3.63) is 71.3 Å². The third kappa shape index (κ3) is 5.70. The van der Waals surface area contributed by atoms with Crippen LogP contribution >= 0.6 is 0 Å². The van der Waals surface area contributed by atoms with Crippen LogP contribution in [0.3, 0.4) is 0 Å². The maximum absolute atomic E-state index is 11.9. The van der Waals surface area contributed by atoms with Crippen LogP contribution in [-0.4, -0.2) is 24.2 Å². The third-order valence-corrected chi connectivity index (χ3v) is 3.32. The van der Waals surface area contributed by atoms with Gasteiger partial charge in [-0.3, -0.25) is 4.79 Å². The number of aliphatic hydroxyl groups excluding tert-OH is 1. The Morgan fingerprint density at radius 1 is 1.22 bits per heavy atom. The zero-order valence-corrected chi connectivity index (χ0v) is 13.2. The molecule has 0 fully saturated rings. The van der Waals surface area contributed by atoms with E-state index in [1.54, 1.807) is 6.07 Å². The van der Waals surface area contributed by atoms with E-state index in [4.69, 9.17) is 9.84 Å². The fourth-order valence-electron chi connectivity index (χ4n) is 2.06. The summed E-state index contributed by atoms with van der Waals surface area (Å²) in [7, 11) is 0. The number of aryl methyl sites for hydroxylation is 1. The second-order valence-electron chi connectivity index (χ2n) is 5.18. The molecule has 2 N–H and O–H groups in total. The lowest BCUT2D eigenvalue weighted by molar-refractivity contribution is -0.120. The summed E-state index contributed by atoms with van der Waals surface area (Å²) in [6.07, 6.45) is 3.83. The number of hydrogen-bond acceptors (Lipinski definition) is 3. The average molecular weight is 311 g/mol. The van der Waals surface area contributed by atoms with Gasteiger partial charge in [0, 0.05) is 5.69 Å². The lowest BCUT2D eigenvalue weighted by atomic mass is 10.1. The molecule has 2 aromatic rings. The second-order valence-corrected chi connectivity index (χ2v) is 5.18. The number of anilines is 1. The van der Waals surface area contributed by atoms with Gasteiger partial charge in [0.2, 0.25) is 5.91 Å². The van der Waals surface area contributed by atoms with Crippen LogP contribution in [-0.2, 0) is 16.1 Å². The van der Waals surface area contributed by atoms with Gasteiger partial charge in [-0.1, -0.05) is 54.6 Å². The van der Waals surface area contributed by atoms with Crippen molar-refractivity contribution in [2.24, 2.45) is 0 Å². The summed E-state index contributed by atoms with van der Waals surface area (Å²) in [5, 5.41) is 11.9. The Labute approximate surface area is 136 Å². The van der Waals surface area contributed by atoms with Crippen molar-refractivity contribution in [1.82, 2.24) is 0 Å². The number of amides is 1. The molecule has 120 valence electrons. The van der Waals surface area contributed by atoms with Gasteiger partial charge in [-0.15, -0.1) is 0 Å². The quantitative estimate of drug-likeness (QED) is 0.772. The Bertz CT molecular complexity index is 666. The molecule has 2 aromatic carbocycles. The van der Waals surface area contributed by atoms with Crippen LogP contribution < -0.4 is 5.32 Å². The van der Waals surface area contributed by atoms with Crippen molar-refractivity contribution in [2.75, 3.05) is 18.5 Å². The summed E-state index contributed by atoms with van der Waals surface area (Å²) in [5.41, 5.74) is 3.50. The van der Waals surface area contributed by atoms with E-state index in [2.05, 4.69) is 5.32 Å². The molecule has 0 heterocycles. The van der Waals surface area contributed by atoms with Crippen LogP contribution in [0, 0.1) is 6.92 Å². The fourth-order valence-corrected chi connectivity index (χ4v) is 2.06. The molecule has 1 amide bonds. The van der Waals surface area contributed by atoms with Gasteiger partial charge in [-0.25, -0.2) is 0 Å². The Morgan fingerprint density at radius 3 is 2.74 bits per heavy atom. The molecular weight excluding hydrogens is 290 g/mol. The van der Waals surface area contributed by atoms with E-state index in [0.717, 1.165) is 16.7 Å². The number of aliphatic hydroxyl groups is 1. The van der Waals surface area contributed by atoms with Crippen LogP contribution in [0.15, 0.2) is 54.6 Å². The van der Waals surface area contributed by atoms with Crippen molar-refractivity contribution < 1.29 is 14.6 Å². The molecule has 0 spiro atoms. The molecule has 4 nitrogen and oxygen atoms in total. The lowest BCUT2D eigenvalue weighted by Crippen LogP contribution is -2.19. The van der Waals surface area contributed by atoms with Crippen LogP contribution in [0.5, 0.6) is 0 Å². The third-order valence-electron chi connectivity index (χ3n) is 3.32. The average Bonchev–Trinajstić information content (AvgIpc) is 2.57. The van der Waals surface area contributed by atoms with Crippen molar-refractivity contribution in [1.29, 1.82) is 0 Å². The summed E-state index contributed by atoms with van der Waals surface area (Å²) < 4.78 is 5.34. The molecule has 0 aromatic heterocycles. The van der Waals surface area contributed by atoms with Crippen LogP contribution in [0.4, 0.5) is 5.69 Å². The first-order valence-corrected chi connectivity index (χ1v) is 7.48. The molecule has 0 aliphatic rings. The molecule has 2 rings (SSSR count). The van der Waals surface area contributed by atoms with E-state index < -0.39 is 0 Å². The Hall–Kier alpha value is -2.43. The number of benzene rings is 2. The summed E-state index contributed by atoms with van der Waals surface area (Å²) in [5.74, 6) is -0.212. The molecule has 0 aliphatic carbocycles. The summed E-state index contributed by atoms with van der Waals surface area (Å²) in [4.78, 5) is 11.9. The van der Waals surface area contributed by atoms with E-state index in [1.165, 1.54) is 0 Å². The fraction of sp³-hybridized carbons (Fsp3) is 0.211.